The molecular weight excluding hydrogens is 673 g/mol. The predicted molar refractivity (Wildman–Crippen MR) is 127 cm³/mol. The van der Waals surface area contributed by atoms with Crippen molar-refractivity contribution >= 4 is 116 Å². The summed E-state index contributed by atoms with van der Waals surface area (Å²) in [5.74, 6) is 1.80. The number of hydrogen-bond donors (Lipinski definition) is 0. The summed E-state index contributed by atoms with van der Waals surface area (Å²) in [4.78, 5) is 0. The van der Waals surface area contributed by atoms with Crippen LogP contribution in [0.4, 0.5) is 0 Å². The monoisotopic (exact) mass is 706 g/mol. The maximum absolute atomic E-state index is 2.46. The van der Waals surface area contributed by atoms with Gasteiger partial charge in [-0.25, -0.2) is 0 Å². The van der Waals surface area contributed by atoms with Crippen LogP contribution in [0.25, 0.3) is 0 Å². The minimum absolute atomic E-state index is 0. The first-order valence-electron chi connectivity index (χ1n) is 11.1. The molecule has 0 heterocycles. The van der Waals surface area contributed by atoms with Gasteiger partial charge >= 0.3 is 0 Å². The third-order valence-electron chi connectivity index (χ3n) is 6.62. The number of hydrogen-bond acceptors (Lipinski definition) is 0. The van der Waals surface area contributed by atoms with Crippen molar-refractivity contribution < 1.29 is 65.4 Å². The van der Waals surface area contributed by atoms with Crippen molar-refractivity contribution in [3.05, 3.63) is 83.6 Å². The maximum Gasteiger partial charge on any atom is 0 e. The standard InChI is InChI=1S/C27H34.2Rb.2Y/c1-3-7-22(8-4-1)19-24-11-15-26(16-12-24)21-27-17-13-25(14-18-27)20-23-9-5-2-6-10-23;;;;/h1-2,11-18,22-23H,3-10,19-21H2;;;;/q-2;;;;. The molecule has 4 heteroatoms. The van der Waals surface area contributed by atoms with Crippen LogP contribution >= 0.6 is 0 Å². The number of benzene rings is 2. The van der Waals surface area contributed by atoms with E-state index in [0.717, 1.165) is 18.3 Å². The molecule has 2 aliphatic carbocycles. The molecule has 152 valence electrons. The summed E-state index contributed by atoms with van der Waals surface area (Å²) < 4.78 is 0. The second kappa shape index (κ2) is 20.2. The molecule has 0 aromatic heterocycles. The summed E-state index contributed by atoms with van der Waals surface area (Å²) in [7, 11) is 0. The molecule has 0 amide bonds. The molecule has 2 aromatic rings. The van der Waals surface area contributed by atoms with Gasteiger partial charge in [0.15, 0.2) is 0 Å². The Labute approximate surface area is 339 Å². The summed E-state index contributed by atoms with van der Waals surface area (Å²) in [6.07, 6.45) is 19.3. The van der Waals surface area contributed by atoms with E-state index in [2.05, 4.69) is 61.4 Å². The van der Waals surface area contributed by atoms with Crippen LogP contribution in [-0.4, -0.2) is 116 Å². The molecule has 4 rings (SSSR count). The van der Waals surface area contributed by atoms with E-state index in [0.29, 0.717) is 0 Å². The van der Waals surface area contributed by atoms with E-state index in [1.807, 2.05) is 0 Å². The van der Waals surface area contributed by atoms with Crippen molar-refractivity contribution in [3.8, 4) is 0 Å². The Kier molecular flexibility index (Phi) is 23.0. The van der Waals surface area contributed by atoms with E-state index >= 15 is 0 Å². The second-order valence-corrected chi connectivity index (χ2v) is 8.84. The van der Waals surface area contributed by atoms with Gasteiger partial charge in [0, 0.05) is 182 Å². The Hall–Kier alpha value is 4.26. The Morgan fingerprint density at radius 2 is 0.806 bits per heavy atom. The quantitative estimate of drug-likeness (QED) is 0.306. The normalized spacial score (nSPS) is 16.8. The zero-order valence-corrected chi connectivity index (χ0v) is 35.4. The van der Waals surface area contributed by atoms with Gasteiger partial charge in [0.25, 0.3) is 0 Å². The summed E-state index contributed by atoms with van der Waals surface area (Å²) in [5, 5.41) is 0. The van der Waals surface area contributed by atoms with Gasteiger partial charge in [-0.3, -0.25) is 0 Å². The molecule has 0 nitrogen and oxygen atoms in total. The van der Waals surface area contributed by atoms with E-state index in [9.17, 15) is 0 Å². The molecule has 2 aromatic carbocycles. The first-order valence-corrected chi connectivity index (χ1v) is 11.1. The molecule has 0 atom stereocenters. The minimum atomic E-state index is 0. The van der Waals surface area contributed by atoms with Crippen molar-refractivity contribution in [3.63, 3.8) is 0 Å². The van der Waals surface area contributed by atoms with Gasteiger partial charge in [0.05, 0.1) is 0 Å². The molecule has 2 aliphatic rings. The number of rotatable bonds is 6. The molecule has 0 saturated heterocycles. The second-order valence-electron chi connectivity index (χ2n) is 8.84. The summed E-state index contributed by atoms with van der Waals surface area (Å²) in [5.41, 5.74) is 5.91. The van der Waals surface area contributed by atoms with E-state index in [4.69, 9.17) is 0 Å². The fraction of sp³-hybridized carbons (Fsp3) is 0.481. The average Bonchev–Trinajstić information content (AvgIpc) is 2.73. The molecule has 2 saturated carbocycles. The van der Waals surface area contributed by atoms with Gasteiger partial charge in [-0.05, 0) is 53.4 Å². The fourth-order valence-corrected chi connectivity index (χ4v) is 4.89. The first kappa shape index (κ1) is 35.3. The molecule has 0 bridgehead atoms. The Morgan fingerprint density at radius 1 is 0.516 bits per heavy atom. The summed E-state index contributed by atoms with van der Waals surface area (Å²) in [6.45, 7) is 0. The average molecular weight is 707 g/mol. The minimum Gasteiger partial charge on any atom is -0.328 e. The smallest absolute Gasteiger partial charge is 0 e. The van der Waals surface area contributed by atoms with Gasteiger partial charge in [0.1, 0.15) is 0 Å². The van der Waals surface area contributed by atoms with Crippen molar-refractivity contribution in [2.75, 3.05) is 0 Å². The van der Waals surface area contributed by atoms with E-state index in [1.165, 1.54) is 86.5 Å². The summed E-state index contributed by atoms with van der Waals surface area (Å²) >= 11 is 0. The third kappa shape index (κ3) is 13.1. The van der Waals surface area contributed by atoms with Crippen LogP contribution in [0.2, 0.25) is 0 Å². The largest absolute Gasteiger partial charge is 0.328 e. The molecule has 31 heavy (non-hydrogen) atoms. The van der Waals surface area contributed by atoms with E-state index in [1.54, 1.807) is 0 Å². The molecule has 0 unspecified atom stereocenters. The zero-order chi connectivity index (χ0) is 18.3. The molecule has 0 N–H and O–H groups in total. The van der Waals surface area contributed by atoms with Crippen molar-refractivity contribution in [2.45, 2.75) is 70.6 Å². The maximum atomic E-state index is 2.46. The van der Waals surface area contributed by atoms with Crippen LogP contribution in [0.15, 0.2) is 48.5 Å². The van der Waals surface area contributed by atoms with Crippen LogP contribution in [0.3, 0.4) is 0 Å². The van der Waals surface area contributed by atoms with Gasteiger partial charge < -0.3 is 12.8 Å². The van der Waals surface area contributed by atoms with Crippen LogP contribution in [-0.2, 0) is 84.7 Å². The molecular formula is C27H34Rb2Y2-2. The molecule has 0 aliphatic heterocycles. The molecule has 0 spiro atoms. The Balaban J connectivity index is 0.00000225. The summed E-state index contributed by atoms with van der Waals surface area (Å²) in [6, 6.07) is 18.8. The molecule has 4 radical (unpaired) electrons. The van der Waals surface area contributed by atoms with Gasteiger partial charge in [-0.2, -0.15) is 25.7 Å². The van der Waals surface area contributed by atoms with E-state index < -0.39 is 0 Å². The van der Waals surface area contributed by atoms with Crippen LogP contribution in [0, 0.1) is 24.7 Å². The SMILES string of the molecule is [Rb].[Rb].[Y].[Y].c1cc(CC2CC[CH-]CC2)ccc1Cc1ccc(CC2CC[CH-]CC2)cc1. The van der Waals surface area contributed by atoms with Gasteiger partial charge in [-0.15, -0.1) is 0 Å². The van der Waals surface area contributed by atoms with Gasteiger partial charge in [0.2, 0.25) is 0 Å². The fourth-order valence-electron chi connectivity index (χ4n) is 4.89. The zero-order valence-electron chi connectivity index (χ0n) is 19.9. The Morgan fingerprint density at radius 3 is 1.13 bits per heavy atom. The Bertz CT molecular complexity index is 627. The van der Waals surface area contributed by atoms with Crippen molar-refractivity contribution in [1.29, 1.82) is 0 Å². The van der Waals surface area contributed by atoms with Crippen molar-refractivity contribution in [1.82, 2.24) is 0 Å². The van der Waals surface area contributed by atoms with Crippen LogP contribution in [0.5, 0.6) is 0 Å². The van der Waals surface area contributed by atoms with Crippen LogP contribution < -0.4 is 0 Å². The topological polar surface area (TPSA) is 0 Å². The van der Waals surface area contributed by atoms with Crippen LogP contribution in [0.1, 0.15) is 73.6 Å². The first-order chi connectivity index (χ1) is 13.3. The third-order valence-corrected chi connectivity index (χ3v) is 6.62. The molecule has 2 fully saturated rings. The predicted octanol–water partition coefficient (Wildman–Crippen LogP) is 6.38. The van der Waals surface area contributed by atoms with Gasteiger partial charge in [-0.1, -0.05) is 74.2 Å². The van der Waals surface area contributed by atoms with Crippen molar-refractivity contribution in [2.24, 2.45) is 11.8 Å². The van der Waals surface area contributed by atoms with E-state index in [-0.39, 0.29) is 182 Å².